The first-order chi connectivity index (χ1) is 4.86. The largest absolute Gasteiger partial charge is 0.496 e. The first-order valence-corrected chi connectivity index (χ1v) is 3.72. The quantitative estimate of drug-likeness (QED) is 0.496. The maximum absolute atomic E-state index is 5.32. The zero-order valence-corrected chi connectivity index (χ0v) is 6.08. The highest BCUT2D eigenvalue weighted by molar-refractivity contribution is 5.83. The molecule has 0 aromatic carbocycles. The van der Waals surface area contributed by atoms with Crippen molar-refractivity contribution in [2.45, 2.75) is 31.9 Å². The number of nitrogens with zero attached hydrogens (tertiary/aromatic N) is 1. The normalized spacial score (nSPS) is 36.7. The Morgan fingerprint density at radius 1 is 1.70 bits per heavy atom. The summed E-state index contributed by atoms with van der Waals surface area (Å²) in [6.07, 6.45) is 6.39. The monoisotopic (exact) mass is 137 g/mol. The van der Waals surface area contributed by atoms with Crippen LogP contribution in [0.1, 0.15) is 19.8 Å². The van der Waals surface area contributed by atoms with E-state index >= 15 is 0 Å². The maximum atomic E-state index is 5.32. The predicted octanol–water partition coefficient (Wildman–Crippen LogP) is 1.52. The third kappa shape index (κ3) is 0.838. The summed E-state index contributed by atoms with van der Waals surface area (Å²) in [5.74, 6) is 0. The molecule has 2 heterocycles. The fourth-order valence-corrected chi connectivity index (χ4v) is 1.47. The Morgan fingerprint density at radius 2 is 2.60 bits per heavy atom. The standard InChI is InChI=1S/C8H11NO/c1-6-2-3-8-7(9-6)4-5-10-8/h4-5,7-8H,2-3H2,1H3. The van der Waals surface area contributed by atoms with Crippen molar-refractivity contribution in [3.63, 3.8) is 0 Å². The molecule has 0 radical (unpaired) electrons. The SMILES string of the molecule is CC1=NC2C=COC2CC1. The fraction of sp³-hybridized carbons (Fsp3) is 0.625. The Morgan fingerprint density at radius 3 is 3.50 bits per heavy atom. The molecule has 0 saturated carbocycles. The third-order valence-electron chi connectivity index (χ3n) is 2.07. The molecule has 0 saturated heterocycles. The van der Waals surface area contributed by atoms with E-state index in [0.717, 1.165) is 12.8 Å². The molecule has 10 heavy (non-hydrogen) atoms. The van der Waals surface area contributed by atoms with Crippen molar-refractivity contribution >= 4 is 5.71 Å². The molecule has 2 aliphatic rings. The van der Waals surface area contributed by atoms with E-state index in [0.29, 0.717) is 12.1 Å². The molecular weight excluding hydrogens is 126 g/mol. The molecule has 0 aromatic heterocycles. The van der Waals surface area contributed by atoms with Crippen LogP contribution in [0.2, 0.25) is 0 Å². The zero-order chi connectivity index (χ0) is 6.97. The van der Waals surface area contributed by atoms with Crippen molar-refractivity contribution in [2.75, 3.05) is 0 Å². The van der Waals surface area contributed by atoms with Crippen LogP contribution in [-0.4, -0.2) is 17.9 Å². The molecule has 0 bridgehead atoms. The summed E-state index contributed by atoms with van der Waals surface area (Å²) >= 11 is 0. The van der Waals surface area contributed by atoms with Gasteiger partial charge in [0.05, 0.1) is 6.26 Å². The summed E-state index contributed by atoms with van der Waals surface area (Å²) < 4.78 is 5.32. The number of hydrogen-bond acceptors (Lipinski definition) is 2. The van der Waals surface area contributed by atoms with Gasteiger partial charge in [-0.3, -0.25) is 4.99 Å². The third-order valence-corrected chi connectivity index (χ3v) is 2.07. The Balaban J connectivity index is 2.19. The molecule has 0 amide bonds. The molecule has 2 heteroatoms. The number of rotatable bonds is 0. The molecule has 2 atom stereocenters. The van der Waals surface area contributed by atoms with Crippen molar-refractivity contribution in [3.05, 3.63) is 12.3 Å². The molecule has 0 fully saturated rings. The van der Waals surface area contributed by atoms with Crippen LogP contribution in [0, 0.1) is 0 Å². The number of aliphatic imine (C=N–C) groups is 1. The minimum absolute atomic E-state index is 0.328. The lowest BCUT2D eigenvalue weighted by Crippen LogP contribution is -2.25. The van der Waals surface area contributed by atoms with Crippen LogP contribution in [-0.2, 0) is 4.74 Å². The molecule has 0 aliphatic carbocycles. The van der Waals surface area contributed by atoms with Gasteiger partial charge >= 0.3 is 0 Å². The summed E-state index contributed by atoms with van der Waals surface area (Å²) in [6.45, 7) is 2.09. The maximum Gasteiger partial charge on any atom is 0.124 e. The molecule has 0 aromatic rings. The Labute approximate surface area is 60.6 Å². The van der Waals surface area contributed by atoms with Crippen molar-refractivity contribution < 1.29 is 4.74 Å². The minimum Gasteiger partial charge on any atom is -0.496 e. The zero-order valence-electron chi connectivity index (χ0n) is 6.08. The highest BCUT2D eigenvalue weighted by atomic mass is 16.5. The van der Waals surface area contributed by atoms with Crippen molar-refractivity contribution in [2.24, 2.45) is 4.99 Å². The summed E-state index contributed by atoms with van der Waals surface area (Å²) in [4.78, 5) is 4.45. The molecular formula is C8H11NO. The van der Waals surface area contributed by atoms with E-state index in [-0.39, 0.29) is 0 Å². The van der Waals surface area contributed by atoms with E-state index in [1.54, 1.807) is 6.26 Å². The van der Waals surface area contributed by atoms with Gasteiger partial charge in [0.1, 0.15) is 12.1 Å². The number of ether oxygens (including phenoxy) is 1. The molecule has 2 aliphatic heterocycles. The van der Waals surface area contributed by atoms with Crippen LogP contribution in [0.4, 0.5) is 0 Å². The van der Waals surface area contributed by atoms with E-state index in [1.165, 1.54) is 5.71 Å². The molecule has 54 valence electrons. The van der Waals surface area contributed by atoms with Gasteiger partial charge in [-0.25, -0.2) is 0 Å². The van der Waals surface area contributed by atoms with Crippen LogP contribution in [0.25, 0.3) is 0 Å². The van der Waals surface area contributed by atoms with Gasteiger partial charge in [0, 0.05) is 5.71 Å². The van der Waals surface area contributed by atoms with E-state index < -0.39 is 0 Å². The smallest absolute Gasteiger partial charge is 0.124 e. The number of hydrogen-bond donors (Lipinski definition) is 0. The summed E-state index contributed by atoms with van der Waals surface area (Å²) in [5.41, 5.74) is 1.26. The van der Waals surface area contributed by atoms with Gasteiger partial charge in [0.2, 0.25) is 0 Å². The van der Waals surface area contributed by atoms with Gasteiger partial charge < -0.3 is 4.74 Å². The van der Waals surface area contributed by atoms with Crippen molar-refractivity contribution in [3.8, 4) is 0 Å². The second-order valence-corrected chi connectivity index (χ2v) is 2.90. The van der Waals surface area contributed by atoms with E-state index in [9.17, 15) is 0 Å². The first kappa shape index (κ1) is 5.96. The average Bonchev–Trinajstić information content (AvgIpc) is 2.33. The van der Waals surface area contributed by atoms with Gasteiger partial charge in [-0.2, -0.15) is 0 Å². The van der Waals surface area contributed by atoms with Gasteiger partial charge in [-0.05, 0) is 25.8 Å². The van der Waals surface area contributed by atoms with Crippen LogP contribution in [0.3, 0.4) is 0 Å². The van der Waals surface area contributed by atoms with Gasteiger partial charge in [-0.15, -0.1) is 0 Å². The van der Waals surface area contributed by atoms with Crippen LogP contribution >= 0.6 is 0 Å². The Hall–Kier alpha value is -0.790. The fourth-order valence-electron chi connectivity index (χ4n) is 1.47. The second-order valence-electron chi connectivity index (χ2n) is 2.90. The van der Waals surface area contributed by atoms with E-state index in [1.807, 2.05) is 6.08 Å². The summed E-state index contributed by atoms with van der Waals surface area (Å²) in [6, 6.07) is 0.328. The topological polar surface area (TPSA) is 21.6 Å². The first-order valence-electron chi connectivity index (χ1n) is 3.72. The molecule has 2 rings (SSSR count). The molecule has 0 spiro atoms. The van der Waals surface area contributed by atoms with Gasteiger partial charge in [0.15, 0.2) is 0 Å². The lowest BCUT2D eigenvalue weighted by molar-refractivity contribution is 0.147. The Bertz CT molecular complexity index is 195. The van der Waals surface area contributed by atoms with Gasteiger partial charge in [-0.1, -0.05) is 0 Å². The van der Waals surface area contributed by atoms with E-state index in [2.05, 4.69) is 11.9 Å². The van der Waals surface area contributed by atoms with Crippen molar-refractivity contribution in [1.29, 1.82) is 0 Å². The van der Waals surface area contributed by atoms with Crippen LogP contribution in [0.5, 0.6) is 0 Å². The summed E-state index contributed by atoms with van der Waals surface area (Å²) in [7, 11) is 0. The highest BCUT2D eigenvalue weighted by Gasteiger charge is 2.26. The van der Waals surface area contributed by atoms with Gasteiger partial charge in [0.25, 0.3) is 0 Å². The summed E-state index contributed by atoms with van der Waals surface area (Å²) in [5, 5.41) is 0. The second kappa shape index (κ2) is 2.11. The lowest BCUT2D eigenvalue weighted by atomic mass is 10.0. The molecule has 2 nitrogen and oxygen atoms in total. The van der Waals surface area contributed by atoms with Crippen LogP contribution in [0.15, 0.2) is 17.3 Å². The van der Waals surface area contributed by atoms with E-state index in [4.69, 9.17) is 4.74 Å². The predicted molar refractivity (Wildman–Crippen MR) is 40.1 cm³/mol. The van der Waals surface area contributed by atoms with Crippen LogP contribution < -0.4 is 0 Å². The number of fused-ring (bicyclic) bond motifs is 1. The molecule has 0 N–H and O–H groups in total. The highest BCUT2D eigenvalue weighted by Crippen LogP contribution is 2.23. The lowest BCUT2D eigenvalue weighted by Gasteiger charge is -2.20. The minimum atomic E-state index is 0.328. The Kier molecular flexibility index (Phi) is 1.26. The molecule has 2 unspecified atom stereocenters. The average molecular weight is 137 g/mol. The van der Waals surface area contributed by atoms with Crippen molar-refractivity contribution in [1.82, 2.24) is 0 Å².